The maximum atomic E-state index is 14.5. The van der Waals surface area contributed by atoms with E-state index < -0.39 is 33.4 Å². The van der Waals surface area contributed by atoms with Gasteiger partial charge in [0.2, 0.25) is 17.7 Å². The second kappa shape index (κ2) is 11.0. The van der Waals surface area contributed by atoms with Gasteiger partial charge in [-0.05, 0) is 54.2 Å². The molecule has 3 fully saturated rings. The molecular formula is C34H39N3O4S. The Hall–Kier alpha value is -3.36. The summed E-state index contributed by atoms with van der Waals surface area (Å²) in [4.78, 5) is 44.4. The lowest BCUT2D eigenvalue weighted by Crippen LogP contribution is -2.56. The highest BCUT2D eigenvalue weighted by Crippen LogP contribution is 2.71. The number of likely N-dealkylation sites (tertiary alicyclic amines) is 1. The molecule has 2 unspecified atom stereocenters. The van der Waals surface area contributed by atoms with Gasteiger partial charge in [-0.15, -0.1) is 11.8 Å². The molecule has 0 aliphatic carbocycles. The van der Waals surface area contributed by atoms with Crippen LogP contribution in [-0.4, -0.2) is 55.9 Å². The molecule has 2 bridgehead atoms. The first-order valence-electron chi connectivity index (χ1n) is 15.0. The predicted octanol–water partition coefficient (Wildman–Crippen LogP) is 4.98. The van der Waals surface area contributed by atoms with Gasteiger partial charge in [0.05, 0.1) is 29.2 Å². The molecule has 0 saturated carbocycles. The van der Waals surface area contributed by atoms with Gasteiger partial charge in [-0.3, -0.25) is 14.4 Å². The van der Waals surface area contributed by atoms with Crippen LogP contribution in [0.4, 0.5) is 5.69 Å². The van der Waals surface area contributed by atoms with Crippen LogP contribution in [0.3, 0.4) is 0 Å². The molecule has 3 N–H and O–H groups in total. The van der Waals surface area contributed by atoms with Crippen molar-refractivity contribution in [2.75, 3.05) is 11.9 Å². The van der Waals surface area contributed by atoms with Gasteiger partial charge in [0.25, 0.3) is 0 Å². The topological polar surface area (TPSA) is 98.7 Å². The van der Waals surface area contributed by atoms with Crippen molar-refractivity contribution >= 4 is 45.9 Å². The van der Waals surface area contributed by atoms with E-state index in [-0.39, 0.29) is 30.2 Å². The number of aliphatic hydroxyl groups is 1. The van der Waals surface area contributed by atoms with Crippen LogP contribution in [0.15, 0.2) is 72.8 Å². The summed E-state index contributed by atoms with van der Waals surface area (Å²) < 4.78 is -1.21. The first-order chi connectivity index (χ1) is 20.2. The molecule has 3 heterocycles. The number of rotatable bonds is 9. The summed E-state index contributed by atoms with van der Waals surface area (Å²) in [5.74, 6) is -1.82. The Morgan fingerprint density at radius 1 is 1.02 bits per heavy atom. The van der Waals surface area contributed by atoms with E-state index in [1.54, 1.807) is 16.7 Å². The number of benzene rings is 3. The molecule has 7 nitrogen and oxygen atoms in total. The number of nitrogens with zero attached hydrogens (tertiary/aromatic N) is 1. The van der Waals surface area contributed by atoms with Gasteiger partial charge in [-0.25, -0.2) is 0 Å². The number of anilines is 1. The van der Waals surface area contributed by atoms with E-state index in [1.165, 1.54) is 0 Å². The van der Waals surface area contributed by atoms with Crippen molar-refractivity contribution in [3.63, 3.8) is 0 Å². The number of fused-ring (bicyclic) bond motifs is 2. The second-order valence-electron chi connectivity index (χ2n) is 12.4. The number of aliphatic hydroxyl groups excluding tert-OH is 1. The number of hydrogen-bond donors (Lipinski definition) is 3. The third kappa shape index (κ3) is 4.60. The highest BCUT2D eigenvalue weighted by atomic mass is 32.2. The summed E-state index contributed by atoms with van der Waals surface area (Å²) in [6.07, 6.45) is 2.15. The lowest BCUT2D eigenvalue weighted by atomic mass is 9.66. The van der Waals surface area contributed by atoms with Gasteiger partial charge in [0, 0.05) is 17.0 Å². The monoisotopic (exact) mass is 585 g/mol. The number of amides is 3. The van der Waals surface area contributed by atoms with Crippen LogP contribution < -0.4 is 10.6 Å². The Labute approximate surface area is 251 Å². The van der Waals surface area contributed by atoms with Crippen molar-refractivity contribution in [3.05, 3.63) is 78.4 Å². The van der Waals surface area contributed by atoms with E-state index in [0.29, 0.717) is 18.7 Å². The van der Waals surface area contributed by atoms with Crippen molar-refractivity contribution in [1.29, 1.82) is 0 Å². The van der Waals surface area contributed by atoms with Crippen LogP contribution >= 0.6 is 11.8 Å². The third-order valence-corrected chi connectivity index (χ3v) is 11.9. The maximum absolute atomic E-state index is 14.5. The summed E-state index contributed by atoms with van der Waals surface area (Å²) in [7, 11) is 0. The standard InChI is InChI=1S/C34H39N3O4S/c1-4-21(2)26(20-38)37-29(31(40)36-25-15-14-23-12-8-9-13-24(23)18-25)34-17-16-33(3,42-34)27(28(34)32(37)41)30(39)35-19-22-10-6-5-7-11-22/h5-15,18,21,26-29,38H,4,16-17,19-20H2,1-3H3,(H,35,39)(H,36,40)/t21-,26-,27+,28-,29?,33-,34?/m0/s1. The smallest absolute Gasteiger partial charge is 0.248 e. The average Bonchev–Trinajstić information content (AvgIpc) is 3.57. The van der Waals surface area contributed by atoms with Gasteiger partial charge < -0.3 is 20.6 Å². The van der Waals surface area contributed by atoms with Crippen LogP contribution in [0.1, 0.15) is 45.6 Å². The van der Waals surface area contributed by atoms with Crippen LogP contribution in [0, 0.1) is 17.8 Å². The van der Waals surface area contributed by atoms with E-state index in [4.69, 9.17) is 0 Å². The zero-order valence-corrected chi connectivity index (χ0v) is 25.2. The molecule has 220 valence electrons. The lowest BCUT2D eigenvalue weighted by Gasteiger charge is -2.39. The highest BCUT2D eigenvalue weighted by Gasteiger charge is 2.77. The lowest BCUT2D eigenvalue weighted by molar-refractivity contribution is -0.143. The minimum atomic E-state index is -0.800. The molecule has 3 aliphatic rings. The highest BCUT2D eigenvalue weighted by molar-refractivity contribution is 8.02. The van der Waals surface area contributed by atoms with Gasteiger partial charge >= 0.3 is 0 Å². The first-order valence-corrected chi connectivity index (χ1v) is 15.8. The number of carbonyl (C=O) groups is 3. The molecule has 1 spiro atoms. The molecule has 7 atom stereocenters. The first kappa shape index (κ1) is 28.7. The van der Waals surface area contributed by atoms with E-state index >= 15 is 0 Å². The Morgan fingerprint density at radius 3 is 2.45 bits per heavy atom. The van der Waals surface area contributed by atoms with Gasteiger partial charge in [-0.2, -0.15) is 0 Å². The van der Waals surface area contributed by atoms with Crippen molar-refractivity contribution < 1.29 is 19.5 Å². The Balaban J connectivity index is 1.36. The van der Waals surface area contributed by atoms with Crippen molar-refractivity contribution in [3.8, 4) is 0 Å². The Kier molecular flexibility index (Phi) is 7.56. The van der Waals surface area contributed by atoms with Gasteiger partial charge in [-0.1, -0.05) is 80.9 Å². The average molecular weight is 586 g/mol. The molecule has 3 aromatic rings. The molecule has 0 radical (unpaired) electrons. The van der Waals surface area contributed by atoms with Gasteiger partial charge in [0.15, 0.2) is 0 Å². The Morgan fingerprint density at radius 2 is 1.74 bits per heavy atom. The van der Waals surface area contributed by atoms with E-state index in [2.05, 4.69) is 17.6 Å². The largest absolute Gasteiger partial charge is 0.394 e. The van der Waals surface area contributed by atoms with Gasteiger partial charge in [0.1, 0.15) is 6.04 Å². The molecule has 0 aromatic heterocycles. The van der Waals surface area contributed by atoms with E-state index in [0.717, 1.165) is 29.2 Å². The SMILES string of the molecule is CC[C@H](C)[C@H](CO)N1C(=O)[C@@H]2[C@H](C(=O)NCc3ccccc3)[C@]3(C)CCC2(S3)C1C(=O)Nc1ccc2ccccc2c1. The molecule has 3 saturated heterocycles. The summed E-state index contributed by atoms with van der Waals surface area (Å²) in [5.41, 5.74) is 1.65. The van der Waals surface area contributed by atoms with Crippen LogP contribution in [-0.2, 0) is 20.9 Å². The van der Waals surface area contributed by atoms with Crippen LogP contribution in [0.25, 0.3) is 10.8 Å². The fourth-order valence-corrected chi connectivity index (χ4v) is 9.95. The number of carbonyl (C=O) groups excluding carboxylic acids is 3. The van der Waals surface area contributed by atoms with Crippen molar-refractivity contribution in [2.45, 2.75) is 68.2 Å². The number of hydrogen-bond acceptors (Lipinski definition) is 5. The fraction of sp³-hybridized carbons (Fsp3) is 0.441. The van der Waals surface area contributed by atoms with Crippen molar-refractivity contribution in [1.82, 2.24) is 10.2 Å². The Bertz CT molecular complexity index is 1510. The minimum Gasteiger partial charge on any atom is -0.394 e. The molecule has 3 aromatic carbocycles. The summed E-state index contributed by atoms with van der Waals surface area (Å²) in [6, 6.07) is 22.2. The molecule has 3 amide bonds. The van der Waals surface area contributed by atoms with E-state index in [9.17, 15) is 19.5 Å². The third-order valence-electron chi connectivity index (χ3n) is 9.92. The molecule has 8 heteroatoms. The molecule has 42 heavy (non-hydrogen) atoms. The number of nitrogens with one attached hydrogen (secondary N) is 2. The predicted molar refractivity (Wildman–Crippen MR) is 167 cm³/mol. The quantitative estimate of drug-likeness (QED) is 0.329. The zero-order valence-electron chi connectivity index (χ0n) is 24.4. The maximum Gasteiger partial charge on any atom is 0.248 e. The zero-order chi connectivity index (χ0) is 29.6. The van der Waals surface area contributed by atoms with Crippen molar-refractivity contribution in [2.24, 2.45) is 17.8 Å². The van der Waals surface area contributed by atoms with Crippen LogP contribution in [0.5, 0.6) is 0 Å². The fourth-order valence-electron chi connectivity index (χ4n) is 7.61. The second-order valence-corrected chi connectivity index (χ2v) is 14.3. The van der Waals surface area contributed by atoms with Crippen LogP contribution in [0.2, 0.25) is 0 Å². The summed E-state index contributed by atoms with van der Waals surface area (Å²) in [5, 5.41) is 18.9. The summed E-state index contributed by atoms with van der Waals surface area (Å²) >= 11 is 1.65. The summed E-state index contributed by atoms with van der Waals surface area (Å²) in [6.45, 7) is 6.25. The molecule has 6 rings (SSSR count). The number of thioether (sulfide) groups is 1. The normalized spacial score (nSPS) is 29.4. The minimum absolute atomic E-state index is 0.0201. The molecule has 3 aliphatic heterocycles. The molecular weight excluding hydrogens is 546 g/mol. The van der Waals surface area contributed by atoms with E-state index in [1.807, 2.05) is 86.6 Å².